The first-order chi connectivity index (χ1) is 9.02. The van der Waals surface area contributed by atoms with Crippen LogP contribution in [0.4, 0.5) is 11.4 Å². The molecule has 1 fully saturated rings. The molecule has 1 aromatic rings. The van der Waals surface area contributed by atoms with Gasteiger partial charge in [0.2, 0.25) is 0 Å². The molecule has 0 N–H and O–H groups in total. The molecule has 0 saturated carbocycles. The Morgan fingerprint density at radius 3 is 2.16 bits per heavy atom. The summed E-state index contributed by atoms with van der Waals surface area (Å²) in [5, 5.41) is 11.4. The van der Waals surface area contributed by atoms with Gasteiger partial charge in [-0.25, -0.2) is 0 Å². The van der Waals surface area contributed by atoms with Crippen LogP contribution in [0.1, 0.15) is 6.92 Å². The number of halogens is 2. The smallest absolute Gasteiger partial charge is 0.272 e. The van der Waals surface area contributed by atoms with E-state index < -0.39 is 4.92 Å². The fourth-order valence-electron chi connectivity index (χ4n) is 2.25. The molecule has 0 aliphatic carbocycles. The number of nitro groups is 1. The van der Waals surface area contributed by atoms with Gasteiger partial charge in [0.05, 0.1) is 20.7 Å². The molecule has 0 unspecified atom stereocenters. The molecule has 2 rings (SSSR count). The molecule has 104 valence electrons. The van der Waals surface area contributed by atoms with Crippen molar-refractivity contribution in [3.8, 4) is 0 Å². The Bertz CT molecular complexity index is 465. The molecule has 19 heavy (non-hydrogen) atoms. The molecule has 0 spiro atoms. The Labute approximate surface area is 121 Å². The van der Waals surface area contributed by atoms with E-state index in [-0.39, 0.29) is 5.69 Å². The summed E-state index contributed by atoms with van der Waals surface area (Å²) in [6.07, 6.45) is 0. The van der Waals surface area contributed by atoms with E-state index in [9.17, 15) is 10.1 Å². The zero-order chi connectivity index (χ0) is 14.0. The molecular formula is C12H15Cl2N3O2. The Morgan fingerprint density at radius 1 is 1.21 bits per heavy atom. The molecule has 0 aromatic heterocycles. The van der Waals surface area contributed by atoms with Crippen molar-refractivity contribution in [2.45, 2.75) is 6.92 Å². The Kier molecular flexibility index (Phi) is 4.50. The van der Waals surface area contributed by atoms with Crippen LogP contribution in [0.2, 0.25) is 10.0 Å². The van der Waals surface area contributed by atoms with Crippen LogP contribution in [-0.4, -0.2) is 42.5 Å². The quantitative estimate of drug-likeness (QED) is 0.636. The standard InChI is InChI=1S/C12H15Cl2N3O2/c1-2-15-3-5-16(6-4-15)12-10(13)7-9(17(18)19)8-11(12)14/h7-8H,2-6H2,1H3. The maximum Gasteiger partial charge on any atom is 0.272 e. The summed E-state index contributed by atoms with van der Waals surface area (Å²) < 4.78 is 0. The zero-order valence-electron chi connectivity index (χ0n) is 10.6. The lowest BCUT2D eigenvalue weighted by Gasteiger charge is -2.36. The summed E-state index contributed by atoms with van der Waals surface area (Å²) >= 11 is 12.3. The number of nitrogens with zero attached hydrogens (tertiary/aromatic N) is 3. The van der Waals surface area contributed by atoms with Crippen molar-refractivity contribution in [2.75, 3.05) is 37.6 Å². The number of hydrogen-bond donors (Lipinski definition) is 0. The minimum Gasteiger partial charge on any atom is -0.367 e. The minimum atomic E-state index is -0.490. The average molecular weight is 304 g/mol. The fourth-order valence-corrected chi connectivity index (χ4v) is 2.96. The van der Waals surface area contributed by atoms with Gasteiger partial charge in [0.15, 0.2) is 0 Å². The third-order valence-electron chi connectivity index (χ3n) is 3.35. The van der Waals surface area contributed by atoms with Crippen LogP contribution in [0.25, 0.3) is 0 Å². The summed E-state index contributed by atoms with van der Waals surface area (Å²) in [5.41, 5.74) is 0.621. The fraction of sp³-hybridized carbons (Fsp3) is 0.500. The number of piperazine rings is 1. The van der Waals surface area contributed by atoms with E-state index in [0.29, 0.717) is 15.7 Å². The van der Waals surface area contributed by atoms with E-state index in [0.717, 1.165) is 32.7 Å². The predicted molar refractivity (Wildman–Crippen MR) is 77.4 cm³/mol. The van der Waals surface area contributed by atoms with Gasteiger partial charge in [-0.2, -0.15) is 0 Å². The molecule has 1 aromatic carbocycles. The van der Waals surface area contributed by atoms with Gasteiger partial charge in [-0.1, -0.05) is 30.1 Å². The monoisotopic (exact) mass is 303 g/mol. The molecule has 0 atom stereocenters. The van der Waals surface area contributed by atoms with Crippen molar-refractivity contribution in [1.29, 1.82) is 0 Å². The van der Waals surface area contributed by atoms with Crippen LogP contribution in [0, 0.1) is 10.1 Å². The number of non-ortho nitro benzene ring substituents is 1. The first-order valence-electron chi connectivity index (χ1n) is 6.13. The van der Waals surface area contributed by atoms with Crippen molar-refractivity contribution in [3.05, 3.63) is 32.3 Å². The first kappa shape index (κ1) is 14.4. The van der Waals surface area contributed by atoms with Crippen LogP contribution in [-0.2, 0) is 0 Å². The van der Waals surface area contributed by atoms with Gasteiger partial charge in [0.1, 0.15) is 0 Å². The largest absolute Gasteiger partial charge is 0.367 e. The number of rotatable bonds is 3. The highest BCUT2D eigenvalue weighted by Gasteiger charge is 2.22. The highest BCUT2D eigenvalue weighted by atomic mass is 35.5. The number of nitro benzene ring substituents is 1. The maximum atomic E-state index is 10.7. The van der Waals surface area contributed by atoms with Crippen LogP contribution < -0.4 is 4.90 Å². The number of hydrogen-bond acceptors (Lipinski definition) is 4. The third-order valence-corrected chi connectivity index (χ3v) is 3.92. The van der Waals surface area contributed by atoms with E-state index in [1.54, 1.807) is 0 Å². The van der Waals surface area contributed by atoms with Crippen molar-refractivity contribution < 1.29 is 4.92 Å². The van der Waals surface area contributed by atoms with E-state index in [4.69, 9.17) is 23.2 Å². The highest BCUT2D eigenvalue weighted by molar-refractivity contribution is 6.39. The topological polar surface area (TPSA) is 49.6 Å². The molecule has 5 nitrogen and oxygen atoms in total. The number of anilines is 1. The molecule has 0 amide bonds. The second-order valence-corrected chi connectivity index (χ2v) is 5.25. The summed E-state index contributed by atoms with van der Waals surface area (Å²) in [6.45, 7) is 6.69. The van der Waals surface area contributed by atoms with E-state index >= 15 is 0 Å². The Balaban J connectivity index is 2.24. The molecule has 7 heteroatoms. The lowest BCUT2D eigenvalue weighted by atomic mass is 10.2. The van der Waals surface area contributed by atoms with Crippen LogP contribution >= 0.6 is 23.2 Å². The van der Waals surface area contributed by atoms with Gasteiger partial charge in [-0.15, -0.1) is 0 Å². The van der Waals surface area contributed by atoms with Gasteiger partial charge in [0, 0.05) is 38.3 Å². The lowest BCUT2D eigenvalue weighted by molar-refractivity contribution is -0.384. The lowest BCUT2D eigenvalue weighted by Crippen LogP contribution is -2.46. The van der Waals surface area contributed by atoms with E-state index in [2.05, 4.69) is 16.7 Å². The maximum absolute atomic E-state index is 10.7. The Morgan fingerprint density at radius 2 is 1.74 bits per heavy atom. The van der Waals surface area contributed by atoms with Crippen molar-refractivity contribution in [1.82, 2.24) is 4.90 Å². The molecule has 0 bridgehead atoms. The van der Waals surface area contributed by atoms with Gasteiger partial charge < -0.3 is 9.80 Å². The summed E-state index contributed by atoms with van der Waals surface area (Å²) in [4.78, 5) is 14.7. The SMILES string of the molecule is CCN1CCN(c2c(Cl)cc([N+](=O)[O-])cc2Cl)CC1. The van der Waals surface area contributed by atoms with Crippen molar-refractivity contribution >= 4 is 34.6 Å². The van der Waals surface area contributed by atoms with E-state index in [1.165, 1.54) is 12.1 Å². The molecule has 1 aliphatic heterocycles. The van der Waals surface area contributed by atoms with Gasteiger partial charge in [-0.05, 0) is 6.54 Å². The minimum absolute atomic E-state index is 0.0778. The van der Waals surface area contributed by atoms with Crippen LogP contribution in [0.3, 0.4) is 0 Å². The normalized spacial score (nSPS) is 16.7. The summed E-state index contributed by atoms with van der Waals surface area (Å²) in [5.74, 6) is 0. The summed E-state index contributed by atoms with van der Waals surface area (Å²) in [6, 6.07) is 2.71. The third kappa shape index (κ3) is 3.11. The number of likely N-dealkylation sites (N-methyl/N-ethyl adjacent to an activating group) is 1. The first-order valence-corrected chi connectivity index (χ1v) is 6.89. The van der Waals surface area contributed by atoms with Crippen molar-refractivity contribution in [2.24, 2.45) is 0 Å². The molecular weight excluding hydrogens is 289 g/mol. The second kappa shape index (κ2) is 5.94. The molecule has 1 aliphatic rings. The van der Waals surface area contributed by atoms with Gasteiger partial charge in [0.25, 0.3) is 5.69 Å². The van der Waals surface area contributed by atoms with Gasteiger partial charge in [-0.3, -0.25) is 10.1 Å². The molecule has 0 radical (unpaired) electrons. The number of benzene rings is 1. The average Bonchev–Trinajstić information content (AvgIpc) is 2.38. The second-order valence-electron chi connectivity index (χ2n) is 4.44. The summed E-state index contributed by atoms with van der Waals surface area (Å²) in [7, 11) is 0. The predicted octanol–water partition coefficient (Wildman–Crippen LogP) is 3.04. The molecule has 1 heterocycles. The van der Waals surface area contributed by atoms with Crippen LogP contribution in [0.5, 0.6) is 0 Å². The Hall–Kier alpha value is -1.04. The zero-order valence-corrected chi connectivity index (χ0v) is 12.1. The molecule has 1 saturated heterocycles. The highest BCUT2D eigenvalue weighted by Crippen LogP contribution is 2.37. The van der Waals surface area contributed by atoms with Gasteiger partial charge >= 0.3 is 0 Å². The van der Waals surface area contributed by atoms with Crippen LogP contribution in [0.15, 0.2) is 12.1 Å². The van der Waals surface area contributed by atoms with Crippen molar-refractivity contribution in [3.63, 3.8) is 0 Å². The van der Waals surface area contributed by atoms with E-state index in [1.807, 2.05) is 0 Å².